The van der Waals surface area contributed by atoms with Crippen LogP contribution in [0, 0.1) is 5.82 Å². The van der Waals surface area contributed by atoms with Gasteiger partial charge in [-0.1, -0.05) is 17.7 Å². The van der Waals surface area contributed by atoms with Crippen LogP contribution in [0.2, 0.25) is 5.02 Å². The number of nitrogens with zero attached hydrogens (tertiary/aromatic N) is 3. The molecule has 1 aromatic carbocycles. The first-order chi connectivity index (χ1) is 11.3. The number of aromatic nitrogens is 3. The van der Waals surface area contributed by atoms with Crippen molar-refractivity contribution in [3.8, 4) is 0 Å². The molecular weight excluding hydrogens is 333 g/mol. The number of rotatable bonds is 3. The highest BCUT2D eigenvalue weighted by molar-refractivity contribution is 6.30. The molecule has 7 heteroatoms. The number of hydrogen-bond acceptors (Lipinski definition) is 3. The van der Waals surface area contributed by atoms with Crippen molar-refractivity contribution in [3.63, 3.8) is 0 Å². The second-order valence-electron chi connectivity index (χ2n) is 5.84. The molecule has 0 amide bonds. The van der Waals surface area contributed by atoms with Gasteiger partial charge in [0.25, 0.3) is 5.56 Å². The minimum Gasteiger partial charge on any atom is -0.379 e. The van der Waals surface area contributed by atoms with Gasteiger partial charge < -0.3 is 9.67 Å². The highest BCUT2D eigenvalue weighted by Gasteiger charge is 2.32. The summed E-state index contributed by atoms with van der Waals surface area (Å²) in [6.07, 6.45) is 1.67. The molecule has 5 nitrogen and oxygen atoms in total. The molecule has 0 saturated carbocycles. The van der Waals surface area contributed by atoms with Crippen LogP contribution in [0.15, 0.2) is 35.3 Å². The van der Waals surface area contributed by atoms with Crippen LogP contribution in [0.5, 0.6) is 0 Å². The predicted octanol–water partition coefficient (Wildman–Crippen LogP) is 2.80. The van der Waals surface area contributed by atoms with E-state index in [1.165, 1.54) is 22.9 Å². The Balaban J connectivity index is 2.28. The number of benzene rings is 1. The number of pyridine rings is 1. The Bertz CT molecular complexity index is 991. The topological polar surface area (TPSA) is 60.1 Å². The summed E-state index contributed by atoms with van der Waals surface area (Å²) in [7, 11) is 1.66. The minimum absolute atomic E-state index is 0.0763. The van der Waals surface area contributed by atoms with Gasteiger partial charge in [-0.15, -0.1) is 0 Å². The van der Waals surface area contributed by atoms with Crippen molar-refractivity contribution in [1.82, 2.24) is 14.3 Å². The van der Waals surface area contributed by atoms with Crippen LogP contribution in [0.3, 0.4) is 0 Å². The van der Waals surface area contributed by atoms with E-state index in [-0.39, 0.29) is 16.1 Å². The first-order valence-corrected chi connectivity index (χ1v) is 7.89. The van der Waals surface area contributed by atoms with Crippen LogP contribution in [0.4, 0.5) is 4.39 Å². The van der Waals surface area contributed by atoms with Crippen LogP contribution < -0.4 is 5.56 Å². The third-order valence-corrected chi connectivity index (χ3v) is 4.54. The number of halogens is 2. The van der Waals surface area contributed by atoms with Crippen LogP contribution in [0.1, 0.15) is 25.1 Å². The zero-order valence-electron chi connectivity index (χ0n) is 13.5. The molecule has 0 saturated heterocycles. The molecule has 0 fully saturated rings. The van der Waals surface area contributed by atoms with Crippen LogP contribution in [0.25, 0.3) is 10.9 Å². The smallest absolute Gasteiger partial charge is 0.278 e. The fourth-order valence-corrected chi connectivity index (χ4v) is 3.17. The Morgan fingerprint density at radius 3 is 2.71 bits per heavy atom. The molecule has 126 valence electrons. The monoisotopic (exact) mass is 349 g/mol. The van der Waals surface area contributed by atoms with Crippen molar-refractivity contribution in [3.05, 3.63) is 62.9 Å². The van der Waals surface area contributed by atoms with Crippen LogP contribution in [-0.4, -0.2) is 19.5 Å². The summed E-state index contributed by atoms with van der Waals surface area (Å²) in [5.74, 6) is -0.558. The minimum atomic E-state index is -1.49. The maximum atomic E-state index is 13.4. The molecule has 1 N–H and O–H groups in total. The Morgan fingerprint density at radius 1 is 1.38 bits per heavy atom. The molecule has 3 aromatic rings. The van der Waals surface area contributed by atoms with Crippen molar-refractivity contribution >= 4 is 22.5 Å². The van der Waals surface area contributed by atoms with E-state index < -0.39 is 11.4 Å². The zero-order chi connectivity index (χ0) is 17.6. The number of aliphatic hydroxyl groups is 1. The lowest BCUT2D eigenvalue weighted by Crippen LogP contribution is -2.26. The maximum Gasteiger partial charge on any atom is 0.278 e. The molecule has 0 aliphatic carbocycles. The van der Waals surface area contributed by atoms with Gasteiger partial charge in [-0.25, -0.2) is 4.39 Å². The fourth-order valence-electron chi connectivity index (χ4n) is 2.99. The standard InChI is InChI=1S/C17H17ClFN3O2/c1-4-22-8-7-11-14(16(22)23)20-21(3)15(11)17(2,24)10-5-6-13(19)12(18)9-10/h5-9,24H,4H2,1-3H3/t17-/m1/s1. The van der Waals surface area contributed by atoms with E-state index in [1.807, 2.05) is 6.92 Å². The van der Waals surface area contributed by atoms with E-state index in [0.717, 1.165) is 0 Å². The summed E-state index contributed by atoms with van der Waals surface area (Å²) >= 11 is 5.84. The van der Waals surface area contributed by atoms with E-state index in [4.69, 9.17) is 11.6 Å². The summed E-state index contributed by atoms with van der Waals surface area (Å²) < 4.78 is 16.4. The van der Waals surface area contributed by atoms with Gasteiger partial charge in [-0.3, -0.25) is 9.48 Å². The summed E-state index contributed by atoms with van der Waals surface area (Å²) in [4.78, 5) is 12.4. The molecule has 1 atom stereocenters. The summed E-state index contributed by atoms with van der Waals surface area (Å²) in [5.41, 5.74) is -0.569. The van der Waals surface area contributed by atoms with Gasteiger partial charge in [0.05, 0.1) is 10.7 Å². The average molecular weight is 350 g/mol. The number of hydrogen-bond donors (Lipinski definition) is 1. The third kappa shape index (κ3) is 2.42. The van der Waals surface area contributed by atoms with Crippen molar-refractivity contribution in [1.29, 1.82) is 0 Å². The number of fused-ring (bicyclic) bond motifs is 1. The Kier molecular flexibility index (Phi) is 3.97. The highest BCUT2D eigenvalue weighted by Crippen LogP contribution is 2.34. The molecule has 3 rings (SSSR count). The zero-order valence-corrected chi connectivity index (χ0v) is 14.3. The molecular formula is C17H17ClFN3O2. The van der Waals surface area contributed by atoms with Gasteiger partial charge in [0, 0.05) is 25.2 Å². The molecule has 0 aliphatic heterocycles. The van der Waals surface area contributed by atoms with Crippen molar-refractivity contribution in [2.45, 2.75) is 26.0 Å². The second kappa shape index (κ2) is 5.72. The molecule has 0 bridgehead atoms. The fraction of sp³-hybridized carbons (Fsp3) is 0.294. The van der Waals surface area contributed by atoms with Crippen molar-refractivity contribution < 1.29 is 9.50 Å². The van der Waals surface area contributed by atoms with Gasteiger partial charge in [-0.05, 0) is 37.6 Å². The molecule has 0 unspecified atom stereocenters. The van der Waals surface area contributed by atoms with E-state index in [9.17, 15) is 14.3 Å². The largest absolute Gasteiger partial charge is 0.379 e. The van der Waals surface area contributed by atoms with E-state index in [0.29, 0.717) is 23.2 Å². The number of aryl methyl sites for hydroxylation is 2. The lowest BCUT2D eigenvalue weighted by Gasteiger charge is -2.25. The summed E-state index contributed by atoms with van der Waals surface area (Å²) in [5, 5.41) is 15.9. The van der Waals surface area contributed by atoms with Crippen LogP contribution in [-0.2, 0) is 19.2 Å². The summed E-state index contributed by atoms with van der Waals surface area (Å²) in [6, 6.07) is 5.80. The predicted molar refractivity (Wildman–Crippen MR) is 90.7 cm³/mol. The van der Waals surface area contributed by atoms with Crippen LogP contribution >= 0.6 is 11.6 Å². The normalized spacial score (nSPS) is 14.1. The first-order valence-electron chi connectivity index (χ1n) is 7.52. The lowest BCUT2D eigenvalue weighted by atomic mass is 9.90. The molecule has 0 spiro atoms. The average Bonchev–Trinajstić information content (AvgIpc) is 2.88. The highest BCUT2D eigenvalue weighted by atomic mass is 35.5. The Morgan fingerprint density at radius 2 is 2.08 bits per heavy atom. The molecule has 2 heterocycles. The van der Waals surface area contributed by atoms with E-state index in [1.54, 1.807) is 30.8 Å². The second-order valence-corrected chi connectivity index (χ2v) is 6.25. The Labute approximate surface area is 142 Å². The lowest BCUT2D eigenvalue weighted by molar-refractivity contribution is 0.0944. The SMILES string of the molecule is CCn1ccc2c([C@](C)(O)c3ccc(F)c(Cl)c3)n(C)nc2c1=O. The molecule has 0 radical (unpaired) electrons. The first kappa shape index (κ1) is 16.7. The molecule has 2 aromatic heterocycles. The molecule has 24 heavy (non-hydrogen) atoms. The van der Waals surface area contributed by atoms with Gasteiger partial charge >= 0.3 is 0 Å². The van der Waals surface area contributed by atoms with E-state index >= 15 is 0 Å². The Hall–Kier alpha value is -2.18. The maximum absolute atomic E-state index is 13.4. The van der Waals surface area contributed by atoms with Gasteiger partial charge in [0.2, 0.25) is 0 Å². The quantitative estimate of drug-likeness (QED) is 0.791. The van der Waals surface area contributed by atoms with Gasteiger partial charge in [0.15, 0.2) is 5.52 Å². The van der Waals surface area contributed by atoms with Gasteiger partial charge in [-0.2, -0.15) is 5.10 Å². The van der Waals surface area contributed by atoms with E-state index in [2.05, 4.69) is 5.10 Å². The van der Waals surface area contributed by atoms with Crippen molar-refractivity contribution in [2.24, 2.45) is 7.05 Å². The summed E-state index contributed by atoms with van der Waals surface area (Å²) in [6.45, 7) is 3.97. The van der Waals surface area contributed by atoms with Crippen molar-refractivity contribution in [2.75, 3.05) is 0 Å². The van der Waals surface area contributed by atoms with Gasteiger partial charge in [0.1, 0.15) is 11.4 Å². The molecule has 0 aliphatic rings. The third-order valence-electron chi connectivity index (χ3n) is 4.25.